The Morgan fingerprint density at radius 2 is 1.78 bits per heavy atom. The van der Waals surface area contributed by atoms with Crippen LogP contribution in [0.1, 0.15) is 54.1 Å². The summed E-state index contributed by atoms with van der Waals surface area (Å²) in [5, 5.41) is 13.3. The zero-order valence-electron chi connectivity index (χ0n) is 15.9. The smallest absolute Gasteiger partial charge is 0.871 e. The molecule has 5 heteroatoms. The van der Waals surface area contributed by atoms with Crippen LogP contribution in [0.15, 0.2) is 53.3 Å². The van der Waals surface area contributed by atoms with E-state index in [1.165, 1.54) is 12.8 Å². The number of aromatic amines is 1. The first-order valence-corrected chi connectivity index (χ1v) is 9.07. The van der Waals surface area contributed by atoms with E-state index >= 15 is 0 Å². The molecule has 0 aliphatic heterocycles. The minimum atomic E-state index is -0.632. The van der Waals surface area contributed by atoms with E-state index in [-0.39, 0.29) is 35.1 Å². The van der Waals surface area contributed by atoms with Gasteiger partial charge in [-0.15, -0.1) is 0 Å². The van der Waals surface area contributed by atoms with Crippen LogP contribution in [0.25, 0.3) is 10.9 Å². The molecular formula is C22H22NNaO3. The van der Waals surface area contributed by atoms with Gasteiger partial charge in [-0.2, -0.15) is 0 Å². The van der Waals surface area contributed by atoms with E-state index in [4.69, 9.17) is 0 Å². The van der Waals surface area contributed by atoms with Crippen LogP contribution in [0.4, 0.5) is 0 Å². The minimum Gasteiger partial charge on any atom is -0.871 e. The molecule has 0 unspecified atom stereocenters. The summed E-state index contributed by atoms with van der Waals surface area (Å²) in [6.07, 6.45) is 5.48. The Morgan fingerprint density at radius 3 is 2.48 bits per heavy atom. The largest absolute Gasteiger partial charge is 1.00 e. The van der Waals surface area contributed by atoms with E-state index in [2.05, 4.69) is 11.9 Å². The summed E-state index contributed by atoms with van der Waals surface area (Å²) < 4.78 is 0. The average molecular weight is 371 g/mol. The second kappa shape index (κ2) is 9.88. The van der Waals surface area contributed by atoms with Gasteiger partial charge in [0, 0.05) is 11.1 Å². The van der Waals surface area contributed by atoms with Crippen LogP contribution in [-0.2, 0) is 6.42 Å². The molecule has 0 atom stereocenters. The van der Waals surface area contributed by atoms with E-state index in [1.54, 1.807) is 42.5 Å². The summed E-state index contributed by atoms with van der Waals surface area (Å²) >= 11 is 0. The van der Waals surface area contributed by atoms with Crippen molar-refractivity contribution < 1.29 is 39.5 Å². The molecule has 0 saturated carbocycles. The average Bonchev–Trinajstić information content (AvgIpc) is 2.66. The van der Waals surface area contributed by atoms with Gasteiger partial charge in [-0.25, -0.2) is 0 Å². The number of rotatable bonds is 7. The van der Waals surface area contributed by atoms with Crippen molar-refractivity contribution in [1.29, 1.82) is 0 Å². The molecule has 3 rings (SSSR count). The molecule has 3 aromatic rings. The van der Waals surface area contributed by atoms with E-state index < -0.39 is 17.1 Å². The third-order valence-corrected chi connectivity index (χ3v) is 4.61. The van der Waals surface area contributed by atoms with Crippen LogP contribution in [0.3, 0.4) is 0 Å². The molecule has 0 amide bonds. The summed E-state index contributed by atoms with van der Waals surface area (Å²) in [5.74, 6) is -1.03. The van der Waals surface area contributed by atoms with Crippen LogP contribution in [0, 0.1) is 0 Å². The number of unbranched alkanes of at least 4 members (excludes halogenated alkanes) is 3. The summed E-state index contributed by atoms with van der Waals surface area (Å²) in [5.41, 5.74) is 0.918. The zero-order valence-corrected chi connectivity index (χ0v) is 17.9. The zero-order chi connectivity index (χ0) is 18.5. The van der Waals surface area contributed by atoms with E-state index in [0.717, 1.165) is 24.8 Å². The Balaban J connectivity index is 0.00000261. The van der Waals surface area contributed by atoms with Gasteiger partial charge in [0.15, 0.2) is 5.78 Å². The second-order valence-corrected chi connectivity index (χ2v) is 6.54. The van der Waals surface area contributed by atoms with Crippen LogP contribution in [0.2, 0.25) is 0 Å². The number of benzene rings is 2. The van der Waals surface area contributed by atoms with Crippen molar-refractivity contribution >= 4 is 16.7 Å². The van der Waals surface area contributed by atoms with Gasteiger partial charge in [-0.3, -0.25) is 9.59 Å². The predicted molar refractivity (Wildman–Crippen MR) is 102 cm³/mol. The Hall–Kier alpha value is -1.88. The van der Waals surface area contributed by atoms with Crippen LogP contribution in [-0.4, -0.2) is 10.8 Å². The van der Waals surface area contributed by atoms with Crippen LogP contribution < -0.4 is 40.2 Å². The summed E-state index contributed by atoms with van der Waals surface area (Å²) in [6.45, 7) is 2.17. The fraction of sp³-hybridized carbons (Fsp3) is 0.273. The van der Waals surface area contributed by atoms with E-state index in [9.17, 15) is 14.7 Å². The van der Waals surface area contributed by atoms with Crippen LogP contribution in [0.5, 0.6) is 5.75 Å². The number of aryl methyl sites for hydroxylation is 1. The monoisotopic (exact) mass is 371 g/mol. The van der Waals surface area contributed by atoms with Crippen molar-refractivity contribution in [2.45, 2.75) is 39.0 Å². The number of carbonyl (C=O) groups is 1. The third-order valence-electron chi connectivity index (χ3n) is 4.61. The first-order valence-electron chi connectivity index (χ1n) is 9.07. The van der Waals surface area contributed by atoms with Gasteiger partial charge >= 0.3 is 29.6 Å². The summed E-state index contributed by atoms with van der Waals surface area (Å²) in [4.78, 5) is 27.6. The molecular weight excluding hydrogens is 349 g/mol. The van der Waals surface area contributed by atoms with Gasteiger partial charge in [0.25, 0.3) is 5.56 Å². The second-order valence-electron chi connectivity index (χ2n) is 6.54. The molecule has 0 radical (unpaired) electrons. The fourth-order valence-corrected chi connectivity index (χ4v) is 3.16. The number of hydrogen-bond acceptors (Lipinski definition) is 3. The van der Waals surface area contributed by atoms with Crippen molar-refractivity contribution in [2.24, 2.45) is 0 Å². The Bertz CT molecular complexity index is 980. The minimum absolute atomic E-state index is 0. The Labute approximate surface area is 180 Å². The third kappa shape index (κ3) is 4.89. The van der Waals surface area contributed by atoms with Crippen molar-refractivity contribution in [3.63, 3.8) is 0 Å². The van der Waals surface area contributed by atoms with Gasteiger partial charge in [-0.05, 0) is 29.9 Å². The molecule has 0 saturated heterocycles. The number of H-pyrrole nitrogens is 1. The van der Waals surface area contributed by atoms with E-state index in [0.29, 0.717) is 16.5 Å². The molecule has 0 aliphatic carbocycles. The maximum absolute atomic E-state index is 12.9. The van der Waals surface area contributed by atoms with Gasteiger partial charge < -0.3 is 10.1 Å². The number of hydrogen-bond donors (Lipinski definition) is 1. The molecule has 4 nitrogen and oxygen atoms in total. The molecule has 134 valence electrons. The summed E-state index contributed by atoms with van der Waals surface area (Å²) in [6, 6.07) is 13.9. The SMILES string of the molecule is CCCCCCc1ccc2[nH]c(=O)c(C(=O)c3ccccc3)c([O-])c2c1.[Na+]. The van der Waals surface area contributed by atoms with Gasteiger partial charge in [0.05, 0.1) is 5.56 Å². The number of pyridine rings is 1. The molecule has 1 N–H and O–H groups in total. The number of nitrogens with one attached hydrogen (secondary N) is 1. The van der Waals surface area contributed by atoms with E-state index in [1.807, 2.05) is 6.07 Å². The molecule has 27 heavy (non-hydrogen) atoms. The van der Waals surface area contributed by atoms with Crippen molar-refractivity contribution in [3.05, 3.63) is 75.6 Å². The van der Waals surface area contributed by atoms with Crippen molar-refractivity contribution in [1.82, 2.24) is 4.98 Å². The molecule has 1 aromatic heterocycles. The molecule has 1 heterocycles. The first kappa shape index (κ1) is 21.4. The Kier molecular flexibility index (Phi) is 7.84. The topological polar surface area (TPSA) is 73.0 Å². The van der Waals surface area contributed by atoms with Gasteiger partial charge in [0.2, 0.25) is 0 Å². The van der Waals surface area contributed by atoms with Crippen LogP contribution >= 0.6 is 0 Å². The maximum Gasteiger partial charge on any atom is 1.00 e. The quantitative estimate of drug-likeness (QED) is 0.382. The predicted octanol–water partition coefficient (Wildman–Crippen LogP) is 0.959. The number of carbonyl (C=O) groups excluding carboxylic acids is 1. The fourth-order valence-electron chi connectivity index (χ4n) is 3.16. The molecule has 0 fully saturated rings. The summed E-state index contributed by atoms with van der Waals surface area (Å²) in [7, 11) is 0. The molecule has 0 aliphatic rings. The standard InChI is InChI=1S/C22H23NO3.Na/c1-2-3-4-6-9-15-12-13-18-17(14-15)21(25)19(22(26)23-18)20(24)16-10-7-5-8-11-16;/h5,7-8,10-14H,2-4,6,9H2,1H3,(H2,23,25,26);/q;+1/p-1. The number of fused-ring (bicyclic) bond motifs is 1. The Morgan fingerprint density at radius 1 is 1.04 bits per heavy atom. The van der Waals surface area contributed by atoms with Gasteiger partial charge in [0.1, 0.15) is 0 Å². The van der Waals surface area contributed by atoms with Crippen molar-refractivity contribution in [3.8, 4) is 5.75 Å². The van der Waals surface area contributed by atoms with Crippen molar-refractivity contribution in [2.75, 3.05) is 0 Å². The number of ketones is 1. The molecule has 0 bridgehead atoms. The normalized spacial score (nSPS) is 10.6. The number of aromatic nitrogens is 1. The van der Waals surface area contributed by atoms with Gasteiger partial charge in [-0.1, -0.05) is 74.4 Å². The molecule has 0 spiro atoms. The maximum atomic E-state index is 12.9. The molecule has 2 aromatic carbocycles. The first-order chi connectivity index (χ1) is 12.6.